The van der Waals surface area contributed by atoms with E-state index in [0.29, 0.717) is 23.6 Å². The molecule has 0 saturated carbocycles. The van der Waals surface area contributed by atoms with Gasteiger partial charge >= 0.3 is 5.97 Å². The molecule has 1 aromatic rings. The molecule has 1 atom stereocenters. The Bertz CT molecular complexity index is 478. The number of morpholine rings is 1. The normalized spacial score (nSPS) is 19.6. The first-order chi connectivity index (χ1) is 9.60. The number of nitrogens with zero attached hydrogens (tertiary/aromatic N) is 1. The maximum Gasteiger partial charge on any atom is 0.342 e. The van der Waals surface area contributed by atoms with Gasteiger partial charge < -0.3 is 24.8 Å². The molecule has 20 heavy (non-hydrogen) atoms. The van der Waals surface area contributed by atoms with E-state index in [1.54, 1.807) is 18.2 Å². The number of nitrogens with two attached hydrogens (primary N) is 1. The summed E-state index contributed by atoms with van der Waals surface area (Å²) in [5.41, 5.74) is 6.50. The third-order valence-electron chi connectivity index (χ3n) is 3.19. The van der Waals surface area contributed by atoms with Crippen molar-refractivity contribution < 1.29 is 19.0 Å². The number of anilines is 1. The van der Waals surface area contributed by atoms with Crippen molar-refractivity contribution in [1.82, 2.24) is 4.90 Å². The minimum absolute atomic E-state index is 0.0928. The third-order valence-corrected chi connectivity index (χ3v) is 3.19. The Labute approximate surface area is 118 Å². The molecule has 2 N–H and O–H groups in total. The highest BCUT2D eigenvalue weighted by atomic mass is 16.6. The van der Waals surface area contributed by atoms with Crippen molar-refractivity contribution in [1.29, 1.82) is 0 Å². The summed E-state index contributed by atoms with van der Waals surface area (Å²) in [4.78, 5) is 14.2. The van der Waals surface area contributed by atoms with Crippen molar-refractivity contribution in [2.45, 2.75) is 6.10 Å². The number of benzene rings is 1. The lowest BCUT2D eigenvalue weighted by molar-refractivity contribution is -0.0529. The number of methoxy groups -OCH3 is 1. The van der Waals surface area contributed by atoms with Gasteiger partial charge in [0.2, 0.25) is 0 Å². The third kappa shape index (κ3) is 3.61. The molecule has 0 amide bonds. The molecule has 1 aliphatic rings. The molecule has 6 heteroatoms. The molecule has 0 spiro atoms. The van der Waals surface area contributed by atoms with E-state index in [9.17, 15) is 4.79 Å². The van der Waals surface area contributed by atoms with Crippen molar-refractivity contribution in [3.05, 3.63) is 23.8 Å². The van der Waals surface area contributed by atoms with Gasteiger partial charge in [-0.2, -0.15) is 0 Å². The molecule has 1 aromatic carbocycles. The summed E-state index contributed by atoms with van der Waals surface area (Å²) >= 11 is 0. The minimum atomic E-state index is -0.453. The first kappa shape index (κ1) is 14.6. The molecule has 0 aliphatic carbocycles. The number of likely N-dealkylation sites (N-methyl/N-ethyl adjacent to an activating group) is 1. The average molecular weight is 280 g/mol. The van der Waals surface area contributed by atoms with Crippen LogP contribution in [0.4, 0.5) is 5.69 Å². The number of rotatable bonds is 4. The Kier molecular flexibility index (Phi) is 4.81. The SMILES string of the molecule is COc1ccc(N)cc1C(=O)OCC1CN(C)CCO1. The quantitative estimate of drug-likeness (QED) is 0.648. The van der Waals surface area contributed by atoms with Crippen LogP contribution >= 0.6 is 0 Å². The first-order valence-electron chi connectivity index (χ1n) is 6.51. The van der Waals surface area contributed by atoms with E-state index in [1.165, 1.54) is 7.11 Å². The van der Waals surface area contributed by atoms with E-state index in [-0.39, 0.29) is 12.7 Å². The van der Waals surface area contributed by atoms with E-state index in [1.807, 2.05) is 7.05 Å². The summed E-state index contributed by atoms with van der Waals surface area (Å²) < 4.78 is 16.0. The summed E-state index contributed by atoms with van der Waals surface area (Å²) in [7, 11) is 3.51. The van der Waals surface area contributed by atoms with Gasteiger partial charge in [0.25, 0.3) is 0 Å². The molecule has 1 heterocycles. The van der Waals surface area contributed by atoms with Crippen LogP contribution in [0.15, 0.2) is 18.2 Å². The monoisotopic (exact) mass is 280 g/mol. The van der Waals surface area contributed by atoms with Gasteiger partial charge in [0.15, 0.2) is 0 Å². The summed E-state index contributed by atoms with van der Waals surface area (Å²) in [6, 6.07) is 4.88. The van der Waals surface area contributed by atoms with Crippen molar-refractivity contribution in [3.63, 3.8) is 0 Å². The van der Waals surface area contributed by atoms with Gasteiger partial charge in [0.1, 0.15) is 24.0 Å². The van der Waals surface area contributed by atoms with Gasteiger partial charge in [-0.05, 0) is 25.2 Å². The summed E-state index contributed by atoms with van der Waals surface area (Å²) in [6.45, 7) is 2.52. The highest BCUT2D eigenvalue weighted by Crippen LogP contribution is 2.22. The topological polar surface area (TPSA) is 74.0 Å². The molecular weight excluding hydrogens is 260 g/mol. The molecule has 6 nitrogen and oxygen atoms in total. The predicted octanol–water partition coefficient (Wildman–Crippen LogP) is 0.765. The lowest BCUT2D eigenvalue weighted by Crippen LogP contribution is -2.42. The van der Waals surface area contributed by atoms with E-state index < -0.39 is 5.97 Å². The molecule has 0 radical (unpaired) electrons. The first-order valence-corrected chi connectivity index (χ1v) is 6.51. The van der Waals surface area contributed by atoms with E-state index in [0.717, 1.165) is 13.1 Å². The summed E-state index contributed by atoms with van der Waals surface area (Å²) in [6.07, 6.45) is -0.0928. The van der Waals surface area contributed by atoms with E-state index in [2.05, 4.69) is 4.90 Å². The molecule has 2 rings (SSSR count). The maximum absolute atomic E-state index is 12.1. The second kappa shape index (κ2) is 6.58. The zero-order valence-corrected chi connectivity index (χ0v) is 11.8. The fourth-order valence-electron chi connectivity index (χ4n) is 2.10. The highest BCUT2D eigenvalue weighted by molar-refractivity contribution is 5.93. The van der Waals surface area contributed by atoms with Gasteiger partial charge in [-0.3, -0.25) is 0 Å². The molecule has 0 aromatic heterocycles. The Morgan fingerprint density at radius 3 is 3.05 bits per heavy atom. The largest absolute Gasteiger partial charge is 0.496 e. The van der Waals surface area contributed by atoms with Crippen LogP contribution in [0.1, 0.15) is 10.4 Å². The molecule has 110 valence electrons. The number of hydrogen-bond donors (Lipinski definition) is 1. The molecule has 0 bridgehead atoms. The minimum Gasteiger partial charge on any atom is -0.496 e. The van der Waals surface area contributed by atoms with Crippen molar-refractivity contribution in [2.75, 3.05) is 46.2 Å². The van der Waals surface area contributed by atoms with Crippen molar-refractivity contribution in [3.8, 4) is 5.75 Å². The number of esters is 1. The lowest BCUT2D eigenvalue weighted by Gasteiger charge is -2.29. The molecule has 1 saturated heterocycles. The molecular formula is C14H20N2O4. The predicted molar refractivity (Wildman–Crippen MR) is 74.9 cm³/mol. The summed E-state index contributed by atoms with van der Waals surface area (Å²) in [5, 5.41) is 0. The van der Waals surface area contributed by atoms with Crippen LogP contribution in [0, 0.1) is 0 Å². The van der Waals surface area contributed by atoms with Gasteiger partial charge in [-0.1, -0.05) is 0 Å². The molecule has 1 fully saturated rings. The number of nitrogen functional groups attached to an aromatic ring is 1. The van der Waals surface area contributed by atoms with E-state index >= 15 is 0 Å². The van der Waals surface area contributed by atoms with Crippen LogP contribution in [0.5, 0.6) is 5.75 Å². The maximum atomic E-state index is 12.1. The lowest BCUT2D eigenvalue weighted by atomic mass is 10.2. The van der Waals surface area contributed by atoms with Gasteiger partial charge in [-0.25, -0.2) is 4.79 Å². The van der Waals surface area contributed by atoms with Crippen LogP contribution in [0.25, 0.3) is 0 Å². The standard InChI is InChI=1S/C14H20N2O4/c1-16-5-6-19-11(8-16)9-20-14(17)12-7-10(15)3-4-13(12)18-2/h3-4,7,11H,5-6,8-9,15H2,1-2H3. The van der Waals surface area contributed by atoms with Crippen LogP contribution in [-0.2, 0) is 9.47 Å². The highest BCUT2D eigenvalue weighted by Gasteiger charge is 2.21. The second-order valence-corrected chi connectivity index (χ2v) is 4.81. The average Bonchev–Trinajstić information content (AvgIpc) is 2.45. The fraction of sp³-hybridized carbons (Fsp3) is 0.500. The fourth-order valence-corrected chi connectivity index (χ4v) is 2.10. The Morgan fingerprint density at radius 1 is 1.55 bits per heavy atom. The van der Waals surface area contributed by atoms with Gasteiger partial charge in [-0.15, -0.1) is 0 Å². The summed E-state index contributed by atoms with van der Waals surface area (Å²) in [5.74, 6) is -0.00291. The number of carbonyl (C=O) groups is 1. The molecule has 1 unspecified atom stereocenters. The van der Waals surface area contributed by atoms with E-state index in [4.69, 9.17) is 19.9 Å². The smallest absolute Gasteiger partial charge is 0.342 e. The number of ether oxygens (including phenoxy) is 3. The second-order valence-electron chi connectivity index (χ2n) is 4.81. The number of carbonyl (C=O) groups excluding carboxylic acids is 1. The Morgan fingerprint density at radius 2 is 2.35 bits per heavy atom. The van der Waals surface area contributed by atoms with Crippen molar-refractivity contribution >= 4 is 11.7 Å². The number of hydrogen-bond acceptors (Lipinski definition) is 6. The zero-order valence-electron chi connectivity index (χ0n) is 11.8. The Balaban J connectivity index is 1.96. The van der Waals surface area contributed by atoms with Crippen molar-refractivity contribution in [2.24, 2.45) is 0 Å². The Hall–Kier alpha value is -1.79. The van der Waals surface area contributed by atoms with Gasteiger partial charge in [0, 0.05) is 18.8 Å². The van der Waals surface area contributed by atoms with Crippen LogP contribution in [0.3, 0.4) is 0 Å². The van der Waals surface area contributed by atoms with Crippen LogP contribution in [-0.4, -0.2) is 57.4 Å². The van der Waals surface area contributed by atoms with Crippen LogP contribution < -0.4 is 10.5 Å². The van der Waals surface area contributed by atoms with Crippen LogP contribution in [0.2, 0.25) is 0 Å². The van der Waals surface area contributed by atoms with Gasteiger partial charge in [0.05, 0.1) is 13.7 Å². The molecule has 1 aliphatic heterocycles. The zero-order chi connectivity index (χ0) is 14.5.